The largest absolute Gasteiger partial charge is 0.497 e. The molecule has 0 atom stereocenters. The molecule has 2 heterocycles. The molecule has 0 unspecified atom stereocenters. The normalized spacial score (nSPS) is 10.9. The van der Waals surface area contributed by atoms with Crippen molar-refractivity contribution in [2.45, 2.75) is 26.6 Å². The van der Waals surface area contributed by atoms with Crippen LogP contribution in [0.15, 0.2) is 89.9 Å². The predicted octanol–water partition coefficient (Wildman–Crippen LogP) is 7.03. The third-order valence-corrected chi connectivity index (χ3v) is 8.41. The number of nitrogens with zero attached hydrogens (tertiary/aromatic N) is 2. The summed E-state index contributed by atoms with van der Waals surface area (Å²) in [7, 11) is 5.31. The molecule has 7 nitrogen and oxygen atoms in total. The van der Waals surface area contributed by atoms with E-state index in [0.29, 0.717) is 25.0 Å². The fourth-order valence-corrected chi connectivity index (χ4v) is 6.33. The van der Waals surface area contributed by atoms with Crippen LogP contribution < -0.4 is 14.9 Å². The van der Waals surface area contributed by atoms with Crippen molar-refractivity contribution in [1.29, 1.82) is 0 Å². The van der Waals surface area contributed by atoms with E-state index in [1.807, 2.05) is 78.3 Å². The summed E-state index contributed by atoms with van der Waals surface area (Å²) in [5, 5.41) is 0.546. The zero-order chi connectivity index (χ0) is 29.6. The standard InChI is InChI=1S/C34H34N2O5S.ClH/c1-5-41-34(38)29-22-36(20-24-11-15-26(39-3)16-12-24)33-30(31(29)37)28(21-35(2)19-23-9-7-6-8-10-23)32(42-33)25-13-17-27(40-4)18-14-25;/h6-18,22H,5,19-21H2,1-4H3;1H. The molecule has 0 aliphatic heterocycles. The molecule has 5 rings (SSSR count). The van der Waals surface area contributed by atoms with E-state index >= 15 is 0 Å². The van der Waals surface area contributed by atoms with E-state index in [4.69, 9.17) is 14.2 Å². The van der Waals surface area contributed by atoms with E-state index in [1.54, 1.807) is 38.7 Å². The number of hydrogen-bond donors (Lipinski definition) is 0. The lowest BCUT2D eigenvalue weighted by Gasteiger charge is -2.18. The lowest BCUT2D eigenvalue weighted by atomic mass is 10.0. The van der Waals surface area contributed by atoms with Crippen molar-refractivity contribution in [2.24, 2.45) is 0 Å². The fourth-order valence-electron chi connectivity index (χ4n) is 5.04. The van der Waals surface area contributed by atoms with Gasteiger partial charge in [0.25, 0.3) is 0 Å². The third-order valence-electron chi connectivity index (χ3n) is 7.09. The Labute approximate surface area is 261 Å². The van der Waals surface area contributed by atoms with Crippen molar-refractivity contribution in [3.8, 4) is 21.9 Å². The van der Waals surface area contributed by atoms with Gasteiger partial charge in [-0.2, -0.15) is 0 Å². The molecule has 3 aromatic carbocycles. The molecule has 0 aliphatic carbocycles. The van der Waals surface area contributed by atoms with Crippen LogP contribution in [-0.4, -0.2) is 43.3 Å². The number of benzene rings is 3. The second-order valence-corrected chi connectivity index (χ2v) is 11.0. The highest BCUT2D eigenvalue weighted by molar-refractivity contribution is 7.22. The number of carbonyl (C=O) groups excluding carboxylic acids is 1. The molecular weight excluding hydrogens is 584 g/mol. The van der Waals surface area contributed by atoms with Gasteiger partial charge in [0.15, 0.2) is 0 Å². The number of rotatable bonds is 11. The molecule has 0 fully saturated rings. The van der Waals surface area contributed by atoms with Gasteiger partial charge in [-0.25, -0.2) is 4.79 Å². The molecule has 0 amide bonds. The minimum atomic E-state index is -0.617. The molecule has 0 N–H and O–H groups in total. The van der Waals surface area contributed by atoms with E-state index in [1.165, 1.54) is 5.56 Å². The maximum Gasteiger partial charge on any atom is 0.343 e. The highest BCUT2D eigenvalue weighted by Crippen LogP contribution is 2.39. The first-order valence-electron chi connectivity index (χ1n) is 13.8. The van der Waals surface area contributed by atoms with Gasteiger partial charge in [0.1, 0.15) is 21.9 Å². The number of pyridine rings is 1. The van der Waals surface area contributed by atoms with Gasteiger partial charge in [-0.3, -0.25) is 9.69 Å². The first-order valence-corrected chi connectivity index (χ1v) is 14.6. The molecule has 0 radical (unpaired) electrons. The zero-order valence-electron chi connectivity index (χ0n) is 24.7. The number of hydrogen-bond acceptors (Lipinski definition) is 7. The highest BCUT2D eigenvalue weighted by Gasteiger charge is 2.25. The van der Waals surface area contributed by atoms with E-state index in [0.717, 1.165) is 37.9 Å². The van der Waals surface area contributed by atoms with Gasteiger partial charge in [-0.1, -0.05) is 42.5 Å². The molecule has 224 valence electrons. The van der Waals surface area contributed by atoms with Crippen molar-refractivity contribution in [2.75, 3.05) is 27.9 Å². The zero-order valence-corrected chi connectivity index (χ0v) is 26.3. The molecular formula is C34H35ClN2O5S. The summed E-state index contributed by atoms with van der Waals surface area (Å²) in [6.07, 6.45) is 1.64. The van der Waals surface area contributed by atoms with Gasteiger partial charge >= 0.3 is 5.97 Å². The Hall–Kier alpha value is -4.11. The summed E-state index contributed by atoms with van der Waals surface area (Å²) < 4.78 is 18.0. The Morgan fingerprint density at radius 3 is 2.09 bits per heavy atom. The molecule has 0 aliphatic rings. The molecule has 0 bridgehead atoms. The van der Waals surface area contributed by atoms with Crippen LogP contribution in [0.1, 0.15) is 34.0 Å². The molecule has 5 aromatic rings. The van der Waals surface area contributed by atoms with Crippen LogP contribution >= 0.6 is 23.7 Å². The second-order valence-electron chi connectivity index (χ2n) is 10.0. The van der Waals surface area contributed by atoms with Crippen LogP contribution in [0.5, 0.6) is 11.5 Å². The monoisotopic (exact) mass is 618 g/mol. The summed E-state index contributed by atoms with van der Waals surface area (Å²) in [6.45, 7) is 3.61. The van der Waals surface area contributed by atoms with E-state index in [2.05, 4.69) is 17.0 Å². The number of methoxy groups -OCH3 is 2. The summed E-state index contributed by atoms with van der Waals surface area (Å²) >= 11 is 1.56. The number of halogens is 1. The van der Waals surface area contributed by atoms with Gasteiger partial charge in [0.05, 0.1) is 26.2 Å². The van der Waals surface area contributed by atoms with Gasteiger partial charge in [0, 0.05) is 30.7 Å². The smallest absolute Gasteiger partial charge is 0.343 e. The van der Waals surface area contributed by atoms with Crippen molar-refractivity contribution >= 4 is 39.9 Å². The average molecular weight is 619 g/mol. The Kier molecular flexibility index (Phi) is 10.6. The minimum Gasteiger partial charge on any atom is -0.497 e. The first-order chi connectivity index (χ1) is 20.4. The van der Waals surface area contributed by atoms with Gasteiger partial charge in [-0.15, -0.1) is 23.7 Å². The summed E-state index contributed by atoms with van der Waals surface area (Å²) in [4.78, 5) is 31.1. The molecule has 0 spiro atoms. The Morgan fingerprint density at radius 1 is 0.860 bits per heavy atom. The van der Waals surface area contributed by atoms with Gasteiger partial charge in [0.2, 0.25) is 5.43 Å². The SMILES string of the molecule is CCOC(=O)c1cn(Cc2ccc(OC)cc2)c2sc(-c3ccc(OC)cc3)c(CN(C)Cc3ccccc3)c2c1=O.Cl. The van der Waals surface area contributed by atoms with Crippen LogP contribution in [0.2, 0.25) is 0 Å². The Morgan fingerprint density at radius 2 is 1.49 bits per heavy atom. The van der Waals surface area contributed by atoms with Crippen molar-refractivity contribution < 1.29 is 19.0 Å². The number of esters is 1. The van der Waals surface area contributed by atoms with Crippen LogP contribution in [-0.2, 0) is 24.4 Å². The lowest BCUT2D eigenvalue weighted by Crippen LogP contribution is -2.23. The molecule has 0 saturated carbocycles. The maximum absolute atomic E-state index is 14.1. The quantitative estimate of drug-likeness (QED) is 0.148. The van der Waals surface area contributed by atoms with Crippen molar-refractivity contribution in [1.82, 2.24) is 9.47 Å². The predicted molar refractivity (Wildman–Crippen MR) is 175 cm³/mol. The molecule has 9 heteroatoms. The molecule has 43 heavy (non-hydrogen) atoms. The number of aromatic nitrogens is 1. The Balaban J connectivity index is 0.00000423. The average Bonchev–Trinajstić information content (AvgIpc) is 3.39. The second kappa shape index (κ2) is 14.4. The van der Waals surface area contributed by atoms with Crippen LogP contribution in [0.25, 0.3) is 20.7 Å². The van der Waals surface area contributed by atoms with Crippen LogP contribution in [0.3, 0.4) is 0 Å². The summed E-state index contributed by atoms with van der Waals surface area (Å²) in [5.41, 5.74) is 3.77. The van der Waals surface area contributed by atoms with E-state index < -0.39 is 5.97 Å². The highest BCUT2D eigenvalue weighted by atomic mass is 35.5. The number of ether oxygens (including phenoxy) is 3. The number of fused-ring (bicyclic) bond motifs is 1. The fraction of sp³-hybridized carbons (Fsp3) is 0.235. The van der Waals surface area contributed by atoms with Gasteiger partial charge < -0.3 is 18.8 Å². The topological polar surface area (TPSA) is 70.0 Å². The van der Waals surface area contributed by atoms with E-state index in [-0.39, 0.29) is 30.0 Å². The maximum atomic E-state index is 14.1. The lowest BCUT2D eigenvalue weighted by molar-refractivity contribution is 0.0524. The van der Waals surface area contributed by atoms with Crippen molar-refractivity contribution in [3.63, 3.8) is 0 Å². The first kappa shape index (κ1) is 31.8. The summed E-state index contributed by atoms with van der Waals surface area (Å²) in [6, 6.07) is 25.9. The summed E-state index contributed by atoms with van der Waals surface area (Å²) in [5.74, 6) is 0.901. The van der Waals surface area contributed by atoms with Crippen LogP contribution in [0, 0.1) is 0 Å². The van der Waals surface area contributed by atoms with Crippen molar-refractivity contribution in [3.05, 3.63) is 118 Å². The van der Waals surface area contributed by atoms with Crippen LogP contribution in [0.4, 0.5) is 0 Å². The third kappa shape index (κ3) is 7.10. The van der Waals surface area contributed by atoms with Gasteiger partial charge in [-0.05, 0) is 72.6 Å². The van der Waals surface area contributed by atoms with E-state index in [9.17, 15) is 9.59 Å². The molecule has 0 saturated heterocycles. The number of carbonyl (C=O) groups is 1. The Bertz CT molecular complexity index is 1730. The minimum absolute atomic E-state index is 0. The number of thiophene rings is 1. The molecule has 2 aromatic heterocycles.